The first-order valence-corrected chi connectivity index (χ1v) is 8.13. The Morgan fingerprint density at radius 1 is 1.25 bits per heavy atom. The molecule has 108 valence electrons. The number of piperazine rings is 1. The van der Waals surface area contributed by atoms with E-state index in [0.29, 0.717) is 22.9 Å². The summed E-state index contributed by atoms with van der Waals surface area (Å²) < 4.78 is 0. The summed E-state index contributed by atoms with van der Waals surface area (Å²) in [6.07, 6.45) is 2.44. The van der Waals surface area contributed by atoms with Gasteiger partial charge in [0, 0.05) is 30.7 Å². The highest BCUT2D eigenvalue weighted by Gasteiger charge is 2.35. The van der Waals surface area contributed by atoms with Crippen LogP contribution in [0, 0.1) is 11.3 Å². The Bertz CT molecular complexity index is 543. The third kappa shape index (κ3) is 2.17. The molecule has 1 aliphatic heterocycles. The third-order valence-electron chi connectivity index (χ3n) is 4.70. The summed E-state index contributed by atoms with van der Waals surface area (Å²) in [6.45, 7) is 6.57. The number of nitriles is 1. The first kappa shape index (κ1) is 13.7. The van der Waals surface area contributed by atoms with E-state index in [1.54, 1.807) is 11.3 Å². The Morgan fingerprint density at radius 3 is 2.35 bits per heavy atom. The van der Waals surface area contributed by atoms with Crippen LogP contribution in [0.3, 0.4) is 0 Å². The minimum Gasteiger partial charge on any atom is -0.397 e. The number of nitrogen functional groups attached to an aromatic ring is 1. The van der Waals surface area contributed by atoms with Crippen LogP contribution in [0.15, 0.2) is 0 Å². The molecule has 20 heavy (non-hydrogen) atoms. The summed E-state index contributed by atoms with van der Waals surface area (Å²) in [5.41, 5.74) is 8.21. The first-order valence-electron chi connectivity index (χ1n) is 7.32. The van der Waals surface area contributed by atoms with Crippen LogP contribution < -0.4 is 10.6 Å². The molecule has 5 heteroatoms. The van der Waals surface area contributed by atoms with Crippen molar-refractivity contribution in [2.45, 2.75) is 44.7 Å². The molecule has 2 unspecified atom stereocenters. The lowest BCUT2D eigenvalue weighted by Gasteiger charge is -2.43. The van der Waals surface area contributed by atoms with Crippen LogP contribution in [0.4, 0.5) is 10.7 Å². The van der Waals surface area contributed by atoms with Gasteiger partial charge in [-0.1, -0.05) is 0 Å². The van der Waals surface area contributed by atoms with Crippen molar-refractivity contribution in [3.05, 3.63) is 10.4 Å². The summed E-state index contributed by atoms with van der Waals surface area (Å²) in [5, 5.41) is 10.5. The van der Waals surface area contributed by atoms with Gasteiger partial charge in [0.15, 0.2) is 0 Å². The molecule has 0 bridgehead atoms. The predicted octanol–water partition coefficient (Wildman–Crippen LogP) is 2.61. The molecule has 1 aliphatic carbocycles. The fourth-order valence-corrected chi connectivity index (χ4v) is 4.22. The Hall–Kier alpha value is -1.25. The van der Waals surface area contributed by atoms with Gasteiger partial charge >= 0.3 is 0 Å². The molecule has 2 fully saturated rings. The molecule has 2 N–H and O–H groups in total. The Kier molecular flexibility index (Phi) is 3.39. The molecule has 4 nitrogen and oxygen atoms in total. The van der Waals surface area contributed by atoms with Gasteiger partial charge in [-0.15, -0.1) is 11.3 Å². The van der Waals surface area contributed by atoms with Crippen molar-refractivity contribution in [3.8, 4) is 6.07 Å². The quantitative estimate of drug-likeness (QED) is 0.909. The van der Waals surface area contributed by atoms with Gasteiger partial charge in [-0.2, -0.15) is 5.26 Å². The van der Waals surface area contributed by atoms with Gasteiger partial charge < -0.3 is 10.6 Å². The summed E-state index contributed by atoms with van der Waals surface area (Å²) in [6, 6.07) is 3.32. The SMILES string of the molecule is CC1CN(c2sc(C#N)c(N)c2C2CC2)CC(C)N1C. The van der Waals surface area contributed by atoms with E-state index in [1.165, 1.54) is 23.4 Å². The van der Waals surface area contributed by atoms with Crippen molar-refractivity contribution in [2.75, 3.05) is 30.8 Å². The molecule has 2 heterocycles. The Morgan fingerprint density at radius 2 is 1.85 bits per heavy atom. The lowest BCUT2D eigenvalue weighted by atomic mass is 10.1. The number of rotatable bonds is 2. The molecule has 0 aromatic carbocycles. The van der Waals surface area contributed by atoms with Crippen LogP contribution >= 0.6 is 11.3 Å². The highest BCUT2D eigenvalue weighted by atomic mass is 32.1. The molecule has 1 aromatic heterocycles. The van der Waals surface area contributed by atoms with Crippen molar-refractivity contribution in [3.63, 3.8) is 0 Å². The van der Waals surface area contributed by atoms with Crippen molar-refractivity contribution < 1.29 is 0 Å². The lowest BCUT2D eigenvalue weighted by molar-refractivity contribution is 0.170. The van der Waals surface area contributed by atoms with Crippen molar-refractivity contribution >= 4 is 22.0 Å². The second-order valence-electron chi connectivity index (χ2n) is 6.22. The van der Waals surface area contributed by atoms with Gasteiger partial charge in [0.25, 0.3) is 0 Å². The van der Waals surface area contributed by atoms with Crippen LogP contribution in [0.1, 0.15) is 43.0 Å². The highest BCUT2D eigenvalue weighted by molar-refractivity contribution is 7.17. The zero-order valence-corrected chi connectivity index (χ0v) is 13.2. The maximum Gasteiger partial charge on any atom is 0.130 e. The normalized spacial score (nSPS) is 27.6. The van der Waals surface area contributed by atoms with E-state index in [4.69, 9.17) is 5.73 Å². The van der Waals surface area contributed by atoms with E-state index < -0.39 is 0 Å². The second kappa shape index (κ2) is 4.94. The number of thiophene rings is 1. The lowest BCUT2D eigenvalue weighted by Crippen LogP contribution is -2.55. The van der Waals surface area contributed by atoms with E-state index in [9.17, 15) is 5.26 Å². The standard InChI is InChI=1S/C15H22N4S/c1-9-7-19(8-10(2)18(9)3)15-13(11-4-5-11)14(17)12(6-16)20-15/h9-11H,4-5,7-8,17H2,1-3H3. The van der Waals surface area contributed by atoms with Gasteiger partial charge in [0.2, 0.25) is 0 Å². The summed E-state index contributed by atoms with van der Waals surface area (Å²) in [4.78, 5) is 5.57. The van der Waals surface area contributed by atoms with Crippen LogP contribution in [-0.2, 0) is 0 Å². The van der Waals surface area contributed by atoms with Crippen molar-refractivity contribution in [1.29, 1.82) is 5.26 Å². The molecule has 0 spiro atoms. The Balaban J connectivity index is 1.96. The smallest absolute Gasteiger partial charge is 0.130 e. The zero-order valence-electron chi connectivity index (χ0n) is 12.4. The average Bonchev–Trinajstić information content (AvgIpc) is 3.19. The molecule has 1 saturated heterocycles. The fraction of sp³-hybridized carbons (Fsp3) is 0.667. The monoisotopic (exact) mass is 290 g/mol. The average molecular weight is 290 g/mol. The second-order valence-corrected chi connectivity index (χ2v) is 7.22. The Labute approximate surface area is 124 Å². The van der Waals surface area contributed by atoms with E-state index in [2.05, 4.69) is 36.8 Å². The molecule has 1 saturated carbocycles. The molecule has 0 radical (unpaired) electrons. The van der Waals surface area contributed by atoms with Gasteiger partial charge in [-0.3, -0.25) is 4.90 Å². The minimum absolute atomic E-state index is 0.527. The van der Waals surface area contributed by atoms with Crippen molar-refractivity contribution in [2.24, 2.45) is 0 Å². The highest BCUT2D eigenvalue weighted by Crippen LogP contribution is 2.52. The fourth-order valence-electron chi connectivity index (χ4n) is 3.10. The summed E-state index contributed by atoms with van der Waals surface area (Å²) >= 11 is 1.59. The van der Waals surface area contributed by atoms with Crippen LogP contribution in [0.2, 0.25) is 0 Å². The van der Waals surface area contributed by atoms with Crippen molar-refractivity contribution in [1.82, 2.24) is 4.90 Å². The number of hydrogen-bond donors (Lipinski definition) is 1. The largest absolute Gasteiger partial charge is 0.397 e. The van der Waals surface area contributed by atoms with Gasteiger partial charge in [-0.25, -0.2) is 0 Å². The maximum atomic E-state index is 9.26. The van der Waals surface area contributed by atoms with Crippen LogP contribution in [0.25, 0.3) is 0 Å². The van der Waals surface area contributed by atoms with Gasteiger partial charge in [0.1, 0.15) is 10.9 Å². The number of anilines is 2. The van der Waals surface area contributed by atoms with Crippen LogP contribution in [0.5, 0.6) is 0 Å². The third-order valence-corrected chi connectivity index (χ3v) is 5.88. The minimum atomic E-state index is 0.527. The van der Waals surface area contributed by atoms with Crippen LogP contribution in [-0.4, -0.2) is 37.1 Å². The maximum absolute atomic E-state index is 9.26. The van der Waals surface area contributed by atoms with Gasteiger partial charge in [-0.05, 0) is 39.7 Å². The zero-order chi connectivity index (χ0) is 14.4. The summed E-state index contributed by atoms with van der Waals surface area (Å²) in [7, 11) is 2.19. The number of hydrogen-bond acceptors (Lipinski definition) is 5. The summed E-state index contributed by atoms with van der Waals surface area (Å²) in [5.74, 6) is 0.591. The number of nitrogens with zero attached hydrogens (tertiary/aromatic N) is 3. The molecule has 3 rings (SSSR count). The molecule has 2 atom stereocenters. The predicted molar refractivity (Wildman–Crippen MR) is 84.3 cm³/mol. The number of nitrogens with two attached hydrogens (primary N) is 1. The molecular weight excluding hydrogens is 268 g/mol. The van der Waals surface area contributed by atoms with E-state index in [1.807, 2.05) is 0 Å². The topological polar surface area (TPSA) is 56.3 Å². The first-order chi connectivity index (χ1) is 9.52. The molecule has 2 aliphatic rings. The van der Waals surface area contributed by atoms with E-state index in [-0.39, 0.29) is 0 Å². The van der Waals surface area contributed by atoms with E-state index >= 15 is 0 Å². The molecule has 0 amide bonds. The van der Waals surface area contributed by atoms with E-state index in [0.717, 1.165) is 18.8 Å². The number of likely N-dealkylation sites (N-methyl/N-ethyl adjacent to an activating group) is 1. The molecular formula is C15H22N4S. The molecule has 1 aromatic rings. The van der Waals surface area contributed by atoms with Gasteiger partial charge in [0.05, 0.1) is 10.7 Å².